The van der Waals surface area contributed by atoms with Crippen LogP contribution in [-0.2, 0) is 11.4 Å². The van der Waals surface area contributed by atoms with Crippen molar-refractivity contribution >= 4 is 51.9 Å². The lowest BCUT2D eigenvalue weighted by atomic mass is 10.1. The average molecular weight is 480 g/mol. The van der Waals surface area contributed by atoms with Crippen LogP contribution in [0.4, 0.5) is 11.4 Å². The molecule has 1 aliphatic heterocycles. The SMILES string of the molecule is Cc1ccc(N=C2NC(=O)C(=Cc3cc(Cl)ccc3OCc3ccc([N+](=O)[O-])cc3)S2)cc1. The number of thioether (sulfide) groups is 1. The molecule has 1 amide bonds. The van der Waals surface area contributed by atoms with Gasteiger partial charge in [0.25, 0.3) is 11.6 Å². The van der Waals surface area contributed by atoms with Crippen LogP contribution in [0.15, 0.2) is 76.6 Å². The normalized spacial score (nSPS) is 15.6. The van der Waals surface area contributed by atoms with Crippen molar-refractivity contribution in [3.63, 3.8) is 0 Å². The molecule has 9 heteroatoms. The number of carbonyl (C=O) groups excluding carboxylic acids is 1. The Morgan fingerprint density at radius 3 is 2.55 bits per heavy atom. The summed E-state index contributed by atoms with van der Waals surface area (Å²) < 4.78 is 5.91. The predicted molar refractivity (Wildman–Crippen MR) is 131 cm³/mol. The van der Waals surface area contributed by atoms with Crippen molar-refractivity contribution in [1.29, 1.82) is 0 Å². The Morgan fingerprint density at radius 2 is 1.85 bits per heavy atom. The van der Waals surface area contributed by atoms with E-state index < -0.39 is 4.92 Å². The lowest BCUT2D eigenvalue weighted by Gasteiger charge is -2.10. The number of benzene rings is 3. The molecule has 0 aromatic heterocycles. The first-order valence-corrected chi connectivity index (χ1v) is 11.1. The van der Waals surface area contributed by atoms with Gasteiger partial charge in [-0.3, -0.25) is 14.9 Å². The van der Waals surface area contributed by atoms with Crippen LogP contribution in [-0.4, -0.2) is 16.0 Å². The zero-order valence-electron chi connectivity index (χ0n) is 17.4. The largest absolute Gasteiger partial charge is 0.488 e. The number of ether oxygens (including phenoxy) is 1. The van der Waals surface area contributed by atoms with E-state index in [4.69, 9.17) is 16.3 Å². The number of nitro benzene ring substituents is 1. The Morgan fingerprint density at radius 1 is 1.12 bits per heavy atom. The molecule has 166 valence electrons. The van der Waals surface area contributed by atoms with Crippen molar-refractivity contribution in [3.05, 3.63) is 103 Å². The summed E-state index contributed by atoms with van der Waals surface area (Å²) in [5, 5.41) is 14.6. The molecule has 0 unspecified atom stereocenters. The first-order chi connectivity index (χ1) is 15.9. The first-order valence-electron chi connectivity index (χ1n) is 9.89. The summed E-state index contributed by atoms with van der Waals surface area (Å²) in [6.45, 7) is 2.20. The van der Waals surface area contributed by atoms with E-state index in [0.717, 1.165) is 16.8 Å². The highest BCUT2D eigenvalue weighted by atomic mass is 35.5. The van der Waals surface area contributed by atoms with Gasteiger partial charge in [-0.05, 0) is 72.8 Å². The molecule has 1 saturated heterocycles. The number of rotatable bonds is 6. The van der Waals surface area contributed by atoms with Crippen molar-refractivity contribution in [3.8, 4) is 5.75 Å². The monoisotopic (exact) mass is 479 g/mol. The number of aryl methyl sites for hydroxylation is 1. The maximum atomic E-state index is 12.5. The standard InChI is InChI=1S/C24H18ClN3O4S/c1-15-2-7-19(8-3-15)26-24-27-23(29)22(33-24)13-17-12-18(25)6-11-21(17)32-14-16-4-9-20(10-5-16)28(30)31/h2-13H,14H2,1H3,(H,26,27,29). The van der Waals surface area contributed by atoms with Crippen molar-refractivity contribution in [2.24, 2.45) is 4.99 Å². The van der Waals surface area contributed by atoms with Gasteiger partial charge in [0, 0.05) is 22.7 Å². The van der Waals surface area contributed by atoms with Gasteiger partial charge >= 0.3 is 0 Å². The van der Waals surface area contributed by atoms with Crippen LogP contribution < -0.4 is 10.1 Å². The quantitative estimate of drug-likeness (QED) is 0.265. The lowest BCUT2D eigenvalue weighted by Crippen LogP contribution is -2.19. The Kier molecular flexibility index (Phi) is 6.76. The van der Waals surface area contributed by atoms with Gasteiger partial charge in [-0.1, -0.05) is 29.3 Å². The number of halogens is 1. The number of nitrogens with one attached hydrogen (secondary N) is 1. The lowest BCUT2D eigenvalue weighted by molar-refractivity contribution is -0.384. The maximum absolute atomic E-state index is 12.5. The Bertz CT molecular complexity index is 1270. The molecule has 0 spiro atoms. The van der Waals surface area contributed by atoms with E-state index in [0.29, 0.717) is 26.4 Å². The molecule has 7 nitrogen and oxygen atoms in total. The fourth-order valence-electron chi connectivity index (χ4n) is 3.00. The summed E-state index contributed by atoms with van der Waals surface area (Å²) in [6, 6.07) is 18.9. The molecule has 3 aromatic rings. The molecule has 3 aromatic carbocycles. The molecule has 0 radical (unpaired) electrons. The van der Waals surface area contributed by atoms with Gasteiger partial charge in [0.05, 0.1) is 15.5 Å². The van der Waals surface area contributed by atoms with E-state index in [-0.39, 0.29) is 18.2 Å². The van der Waals surface area contributed by atoms with Gasteiger partial charge in [-0.15, -0.1) is 0 Å². The number of amidine groups is 1. The van der Waals surface area contributed by atoms with Crippen molar-refractivity contribution in [1.82, 2.24) is 5.32 Å². The molecular formula is C24H18ClN3O4S. The maximum Gasteiger partial charge on any atom is 0.269 e. The zero-order valence-corrected chi connectivity index (χ0v) is 19.0. The van der Waals surface area contributed by atoms with E-state index in [2.05, 4.69) is 10.3 Å². The number of aliphatic imine (C=N–C) groups is 1. The Balaban J connectivity index is 1.52. The topological polar surface area (TPSA) is 93.8 Å². The minimum absolute atomic E-state index is 0.0167. The number of nitro groups is 1. The van der Waals surface area contributed by atoms with Crippen LogP contribution in [0.5, 0.6) is 5.75 Å². The number of nitrogens with zero attached hydrogens (tertiary/aromatic N) is 2. The molecule has 0 aliphatic carbocycles. The summed E-state index contributed by atoms with van der Waals surface area (Å²) in [5.41, 5.74) is 3.31. The smallest absolute Gasteiger partial charge is 0.269 e. The molecule has 1 aliphatic rings. The molecule has 0 bridgehead atoms. The first kappa shape index (κ1) is 22.6. The van der Waals surface area contributed by atoms with Crippen LogP contribution in [0.1, 0.15) is 16.7 Å². The molecule has 1 fully saturated rings. The molecule has 0 atom stereocenters. The second-order valence-corrected chi connectivity index (χ2v) is 8.68. The third-order valence-corrected chi connectivity index (χ3v) is 5.86. The second kappa shape index (κ2) is 9.89. The average Bonchev–Trinajstić information content (AvgIpc) is 3.13. The van der Waals surface area contributed by atoms with Gasteiger partial charge in [-0.2, -0.15) is 0 Å². The number of non-ortho nitro benzene ring substituents is 1. The van der Waals surface area contributed by atoms with Crippen LogP contribution >= 0.6 is 23.4 Å². The van der Waals surface area contributed by atoms with Crippen LogP contribution in [0, 0.1) is 17.0 Å². The molecular weight excluding hydrogens is 462 g/mol. The Hall–Kier alpha value is -3.62. The van der Waals surface area contributed by atoms with Gasteiger partial charge < -0.3 is 10.1 Å². The highest BCUT2D eigenvalue weighted by Gasteiger charge is 2.24. The minimum atomic E-state index is -0.450. The molecule has 1 heterocycles. The minimum Gasteiger partial charge on any atom is -0.488 e. The van der Waals surface area contributed by atoms with Gasteiger partial charge in [0.1, 0.15) is 12.4 Å². The predicted octanol–water partition coefficient (Wildman–Crippen LogP) is 6.03. The third-order valence-electron chi connectivity index (χ3n) is 4.72. The third kappa shape index (κ3) is 5.79. The van der Waals surface area contributed by atoms with E-state index in [1.807, 2.05) is 31.2 Å². The van der Waals surface area contributed by atoms with Crippen LogP contribution in [0.25, 0.3) is 6.08 Å². The highest BCUT2D eigenvalue weighted by molar-refractivity contribution is 8.18. The van der Waals surface area contributed by atoms with E-state index in [1.54, 1.807) is 36.4 Å². The Labute approximate surface area is 199 Å². The summed E-state index contributed by atoms with van der Waals surface area (Å²) in [6.07, 6.45) is 1.70. The number of amides is 1. The van der Waals surface area contributed by atoms with Crippen molar-refractivity contribution in [2.75, 3.05) is 0 Å². The van der Waals surface area contributed by atoms with Gasteiger partial charge in [-0.25, -0.2) is 4.99 Å². The molecule has 1 N–H and O–H groups in total. The summed E-state index contributed by atoms with van der Waals surface area (Å²) in [5.74, 6) is 0.273. The van der Waals surface area contributed by atoms with Gasteiger partial charge in [0.15, 0.2) is 5.17 Å². The summed E-state index contributed by atoms with van der Waals surface area (Å²) in [4.78, 5) is 27.8. The van der Waals surface area contributed by atoms with E-state index >= 15 is 0 Å². The molecule has 0 saturated carbocycles. The highest BCUT2D eigenvalue weighted by Crippen LogP contribution is 2.32. The fourth-order valence-corrected chi connectivity index (χ4v) is 4.01. The van der Waals surface area contributed by atoms with Crippen molar-refractivity contribution in [2.45, 2.75) is 13.5 Å². The number of carbonyl (C=O) groups is 1. The van der Waals surface area contributed by atoms with Crippen LogP contribution in [0.3, 0.4) is 0 Å². The number of hydrogen-bond acceptors (Lipinski definition) is 6. The molecule has 4 rings (SSSR count). The van der Waals surface area contributed by atoms with E-state index in [9.17, 15) is 14.9 Å². The molecule has 33 heavy (non-hydrogen) atoms. The summed E-state index contributed by atoms with van der Waals surface area (Å²) in [7, 11) is 0. The van der Waals surface area contributed by atoms with Gasteiger partial charge in [0.2, 0.25) is 0 Å². The zero-order chi connectivity index (χ0) is 23.4. The van der Waals surface area contributed by atoms with Crippen LogP contribution in [0.2, 0.25) is 5.02 Å². The summed E-state index contributed by atoms with van der Waals surface area (Å²) >= 11 is 7.41. The second-order valence-electron chi connectivity index (χ2n) is 7.21. The van der Waals surface area contributed by atoms with Crippen molar-refractivity contribution < 1.29 is 14.5 Å². The fraction of sp³-hybridized carbons (Fsp3) is 0.0833. The number of hydrogen-bond donors (Lipinski definition) is 1. The van der Waals surface area contributed by atoms with E-state index in [1.165, 1.54) is 23.9 Å².